The summed E-state index contributed by atoms with van der Waals surface area (Å²) in [4.78, 5) is 15.3. The van der Waals surface area contributed by atoms with E-state index in [1.165, 1.54) is 30.6 Å². The second-order valence-electron chi connectivity index (χ2n) is 6.72. The summed E-state index contributed by atoms with van der Waals surface area (Å²) in [5.41, 5.74) is 2.29. The normalized spacial score (nSPS) is 13.8. The zero-order valence-electron chi connectivity index (χ0n) is 15.4. The maximum Gasteiger partial charge on any atom is 0.338 e. The van der Waals surface area contributed by atoms with Crippen molar-refractivity contribution in [1.29, 1.82) is 0 Å². The predicted octanol–water partition coefficient (Wildman–Crippen LogP) is 5.75. The Kier molecular flexibility index (Phi) is 5.13. The van der Waals surface area contributed by atoms with Crippen LogP contribution in [0.4, 0.5) is 13.8 Å². The Hall–Kier alpha value is -2.73. The average molecular weight is 399 g/mol. The number of hydrogen-bond donors (Lipinski definition) is 0. The van der Waals surface area contributed by atoms with Gasteiger partial charge in [-0.15, -0.1) is 11.3 Å². The molecule has 2 aromatic carbocycles. The van der Waals surface area contributed by atoms with Gasteiger partial charge in [-0.25, -0.2) is 13.6 Å². The van der Waals surface area contributed by atoms with Crippen molar-refractivity contribution < 1.29 is 18.3 Å². The van der Waals surface area contributed by atoms with E-state index in [1.54, 1.807) is 12.1 Å². The van der Waals surface area contributed by atoms with Crippen LogP contribution in [0, 0.1) is 11.6 Å². The van der Waals surface area contributed by atoms with E-state index in [-0.39, 0.29) is 0 Å². The Labute approximate surface area is 166 Å². The number of methoxy groups -OCH3 is 1. The number of carbonyl (C=O) groups is 1. The van der Waals surface area contributed by atoms with Gasteiger partial charge in [0.1, 0.15) is 11.6 Å². The zero-order valence-corrected chi connectivity index (χ0v) is 16.2. The molecule has 0 unspecified atom stereocenters. The minimum Gasteiger partial charge on any atom is -0.465 e. The SMILES string of the molecule is COC(=O)c1ccccc1-c1sc(N2CCCC2)cc1-c1cc(F)cc(F)c1. The first-order chi connectivity index (χ1) is 13.6. The molecule has 0 atom stereocenters. The highest BCUT2D eigenvalue weighted by molar-refractivity contribution is 7.20. The molecule has 0 N–H and O–H groups in total. The van der Waals surface area contributed by atoms with Gasteiger partial charge < -0.3 is 9.64 Å². The van der Waals surface area contributed by atoms with Gasteiger partial charge in [-0.05, 0) is 42.7 Å². The van der Waals surface area contributed by atoms with Crippen molar-refractivity contribution in [1.82, 2.24) is 0 Å². The minimum atomic E-state index is -0.629. The number of nitrogens with zero attached hydrogens (tertiary/aromatic N) is 1. The molecule has 0 amide bonds. The molecule has 3 nitrogen and oxygen atoms in total. The molecular formula is C22H19F2NO2S. The first-order valence-corrected chi connectivity index (χ1v) is 9.91. The standard InChI is InChI=1S/C22H19F2NO2S/c1-27-22(26)18-7-3-2-6-17(18)21-19(14-10-15(23)12-16(24)11-14)13-20(28-21)25-8-4-5-9-25/h2-3,6-7,10-13H,4-5,8-9H2,1H3. The molecule has 6 heteroatoms. The van der Waals surface area contributed by atoms with Gasteiger partial charge in [0.2, 0.25) is 0 Å². The van der Waals surface area contributed by atoms with Crippen LogP contribution in [0.15, 0.2) is 48.5 Å². The van der Waals surface area contributed by atoms with Crippen LogP contribution in [0.1, 0.15) is 23.2 Å². The summed E-state index contributed by atoms with van der Waals surface area (Å²) >= 11 is 1.53. The van der Waals surface area contributed by atoms with E-state index in [0.29, 0.717) is 22.3 Å². The Bertz CT molecular complexity index is 1000. The van der Waals surface area contributed by atoms with Crippen LogP contribution in [0.5, 0.6) is 0 Å². The molecule has 1 saturated heterocycles. The van der Waals surface area contributed by atoms with E-state index in [0.717, 1.165) is 41.9 Å². The van der Waals surface area contributed by atoms with E-state index in [4.69, 9.17) is 4.74 Å². The fourth-order valence-electron chi connectivity index (χ4n) is 3.56. The number of thiophene rings is 1. The second kappa shape index (κ2) is 7.72. The van der Waals surface area contributed by atoms with Crippen LogP contribution in [-0.2, 0) is 4.74 Å². The number of halogens is 2. The maximum atomic E-state index is 13.9. The van der Waals surface area contributed by atoms with Crippen LogP contribution in [0.3, 0.4) is 0 Å². The van der Waals surface area contributed by atoms with Gasteiger partial charge in [0.05, 0.1) is 17.7 Å². The predicted molar refractivity (Wildman–Crippen MR) is 108 cm³/mol. The maximum absolute atomic E-state index is 13.9. The third-order valence-electron chi connectivity index (χ3n) is 4.89. The van der Waals surface area contributed by atoms with Gasteiger partial charge >= 0.3 is 5.97 Å². The van der Waals surface area contributed by atoms with Crippen molar-refractivity contribution in [3.05, 3.63) is 65.7 Å². The second-order valence-corrected chi connectivity index (χ2v) is 7.75. The number of esters is 1. The minimum absolute atomic E-state index is 0.429. The number of ether oxygens (including phenoxy) is 1. The molecule has 0 spiro atoms. The summed E-state index contributed by atoms with van der Waals surface area (Å²) in [6.07, 6.45) is 2.24. The zero-order chi connectivity index (χ0) is 19.7. The fourth-order valence-corrected chi connectivity index (χ4v) is 4.84. The molecule has 1 aliphatic rings. The summed E-state index contributed by atoms with van der Waals surface area (Å²) in [7, 11) is 1.34. The van der Waals surface area contributed by atoms with Gasteiger partial charge in [-0.1, -0.05) is 18.2 Å². The first-order valence-electron chi connectivity index (χ1n) is 9.10. The molecule has 1 aromatic heterocycles. The monoisotopic (exact) mass is 399 g/mol. The molecule has 0 saturated carbocycles. The third kappa shape index (κ3) is 3.52. The van der Waals surface area contributed by atoms with E-state index in [9.17, 15) is 13.6 Å². The number of rotatable bonds is 4. The van der Waals surface area contributed by atoms with Gasteiger partial charge in [0.25, 0.3) is 0 Å². The summed E-state index contributed by atoms with van der Waals surface area (Å²) in [5.74, 6) is -1.70. The van der Waals surface area contributed by atoms with Crippen LogP contribution in [0.2, 0.25) is 0 Å². The Morgan fingerprint density at radius 1 is 1.00 bits per heavy atom. The van der Waals surface area contributed by atoms with Crippen LogP contribution < -0.4 is 4.90 Å². The Morgan fingerprint density at radius 2 is 1.68 bits per heavy atom. The van der Waals surface area contributed by atoms with Crippen molar-refractivity contribution in [2.75, 3.05) is 25.1 Å². The summed E-state index contributed by atoms with van der Waals surface area (Å²) < 4.78 is 32.7. The number of benzene rings is 2. The highest BCUT2D eigenvalue weighted by Gasteiger charge is 2.23. The highest BCUT2D eigenvalue weighted by Crippen LogP contribution is 2.45. The number of hydrogen-bond acceptors (Lipinski definition) is 4. The van der Waals surface area contributed by atoms with Crippen molar-refractivity contribution in [3.63, 3.8) is 0 Å². The first kappa shape index (κ1) is 18.6. The van der Waals surface area contributed by atoms with Crippen molar-refractivity contribution in [3.8, 4) is 21.6 Å². The fraction of sp³-hybridized carbons (Fsp3) is 0.227. The molecule has 1 fully saturated rings. The van der Waals surface area contributed by atoms with E-state index in [2.05, 4.69) is 4.90 Å². The molecule has 2 heterocycles. The van der Waals surface area contributed by atoms with Crippen LogP contribution in [-0.4, -0.2) is 26.2 Å². The van der Waals surface area contributed by atoms with Crippen molar-refractivity contribution in [2.24, 2.45) is 0 Å². The lowest BCUT2D eigenvalue weighted by atomic mass is 9.99. The summed E-state index contributed by atoms with van der Waals surface area (Å²) in [6, 6.07) is 12.6. The van der Waals surface area contributed by atoms with Crippen LogP contribution >= 0.6 is 11.3 Å². The van der Waals surface area contributed by atoms with E-state index in [1.807, 2.05) is 18.2 Å². The molecule has 3 aromatic rings. The largest absolute Gasteiger partial charge is 0.465 e. The smallest absolute Gasteiger partial charge is 0.338 e. The summed E-state index contributed by atoms with van der Waals surface area (Å²) in [6.45, 7) is 1.91. The quantitative estimate of drug-likeness (QED) is 0.524. The van der Waals surface area contributed by atoms with Crippen LogP contribution in [0.25, 0.3) is 21.6 Å². The lowest BCUT2D eigenvalue weighted by molar-refractivity contribution is 0.0601. The van der Waals surface area contributed by atoms with Gasteiger partial charge in [0.15, 0.2) is 0 Å². The third-order valence-corrected chi connectivity index (χ3v) is 6.12. The Balaban J connectivity index is 1.92. The average Bonchev–Trinajstić information content (AvgIpc) is 3.36. The lowest BCUT2D eigenvalue weighted by Crippen LogP contribution is -2.15. The van der Waals surface area contributed by atoms with Gasteiger partial charge in [-0.3, -0.25) is 0 Å². The van der Waals surface area contributed by atoms with E-state index >= 15 is 0 Å². The summed E-state index contributed by atoms with van der Waals surface area (Å²) in [5, 5.41) is 1.03. The van der Waals surface area contributed by atoms with Crippen molar-refractivity contribution >= 4 is 22.3 Å². The highest BCUT2D eigenvalue weighted by atomic mass is 32.1. The molecular weight excluding hydrogens is 380 g/mol. The van der Waals surface area contributed by atoms with Crippen molar-refractivity contribution in [2.45, 2.75) is 12.8 Å². The topological polar surface area (TPSA) is 29.5 Å². The molecule has 0 aliphatic carbocycles. The van der Waals surface area contributed by atoms with Gasteiger partial charge in [-0.2, -0.15) is 0 Å². The molecule has 28 heavy (non-hydrogen) atoms. The molecule has 0 radical (unpaired) electrons. The molecule has 1 aliphatic heterocycles. The number of anilines is 1. The number of carbonyl (C=O) groups excluding carboxylic acids is 1. The van der Waals surface area contributed by atoms with E-state index < -0.39 is 17.6 Å². The lowest BCUT2D eigenvalue weighted by Gasteiger charge is -2.14. The molecule has 0 bridgehead atoms. The Morgan fingerprint density at radius 3 is 2.36 bits per heavy atom. The molecule has 4 rings (SSSR count). The van der Waals surface area contributed by atoms with Gasteiger partial charge in [0, 0.05) is 35.2 Å². The molecule has 144 valence electrons.